The van der Waals surface area contributed by atoms with Crippen LogP contribution in [-0.4, -0.2) is 46.5 Å². The fraction of sp³-hybridized carbons (Fsp3) is 0.269. The molecule has 1 aliphatic heterocycles. The number of anilines is 1. The second kappa shape index (κ2) is 10.8. The summed E-state index contributed by atoms with van der Waals surface area (Å²) in [6.07, 6.45) is 0.734. The molecule has 0 fully saturated rings. The quantitative estimate of drug-likeness (QED) is 0.495. The average Bonchev–Trinajstić information content (AvgIpc) is 3.08. The van der Waals surface area contributed by atoms with Crippen LogP contribution in [0.25, 0.3) is 0 Å². The Bertz CT molecular complexity index is 1290. The molecule has 35 heavy (non-hydrogen) atoms. The first kappa shape index (κ1) is 24.6. The van der Waals surface area contributed by atoms with Gasteiger partial charge in [-0.15, -0.1) is 0 Å². The summed E-state index contributed by atoms with van der Waals surface area (Å²) < 4.78 is 39.4. The van der Waals surface area contributed by atoms with Crippen LogP contribution in [0.5, 0.6) is 11.5 Å². The van der Waals surface area contributed by atoms with E-state index in [0.717, 1.165) is 24.1 Å². The van der Waals surface area contributed by atoms with E-state index in [4.69, 9.17) is 9.47 Å². The Morgan fingerprint density at radius 2 is 1.60 bits per heavy atom. The number of ether oxygens (including phenoxy) is 2. The molecule has 3 aromatic rings. The minimum Gasteiger partial charge on any atom is -0.490 e. The molecule has 0 saturated carbocycles. The van der Waals surface area contributed by atoms with Crippen molar-refractivity contribution in [3.05, 3.63) is 83.4 Å². The van der Waals surface area contributed by atoms with E-state index < -0.39 is 10.0 Å². The number of carbonyl (C=O) groups is 1. The zero-order chi connectivity index (χ0) is 24.8. The van der Waals surface area contributed by atoms with Gasteiger partial charge in [0.25, 0.3) is 15.9 Å². The maximum Gasteiger partial charge on any atom is 0.262 e. The fourth-order valence-corrected chi connectivity index (χ4v) is 4.79. The summed E-state index contributed by atoms with van der Waals surface area (Å²) in [5.74, 6) is 0.702. The van der Waals surface area contributed by atoms with E-state index in [-0.39, 0.29) is 10.8 Å². The van der Waals surface area contributed by atoms with Crippen molar-refractivity contribution in [2.75, 3.05) is 32.0 Å². The van der Waals surface area contributed by atoms with E-state index in [9.17, 15) is 13.2 Å². The van der Waals surface area contributed by atoms with Gasteiger partial charge in [-0.3, -0.25) is 9.52 Å². The minimum atomic E-state index is -3.84. The van der Waals surface area contributed by atoms with Crippen LogP contribution < -0.4 is 19.5 Å². The Hall–Kier alpha value is -3.56. The lowest BCUT2D eigenvalue weighted by Gasteiger charge is -2.15. The largest absolute Gasteiger partial charge is 0.490 e. The van der Waals surface area contributed by atoms with Crippen LogP contribution in [0, 0.1) is 0 Å². The number of nitrogens with zero attached hydrogens (tertiary/aromatic N) is 1. The molecule has 1 aliphatic rings. The van der Waals surface area contributed by atoms with E-state index in [1.807, 2.05) is 38.4 Å². The highest BCUT2D eigenvalue weighted by molar-refractivity contribution is 7.92. The van der Waals surface area contributed by atoms with Crippen molar-refractivity contribution >= 4 is 21.6 Å². The Kier molecular flexibility index (Phi) is 7.57. The summed E-state index contributed by atoms with van der Waals surface area (Å²) in [6, 6.07) is 18.8. The Balaban J connectivity index is 1.40. The molecule has 0 aromatic heterocycles. The second-order valence-electron chi connectivity index (χ2n) is 8.53. The molecular weight excluding hydrogens is 466 g/mol. The monoisotopic (exact) mass is 495 g/mol. The number of fused-ring (bicyclic) bond motifs is 1. The van der Waals surface area contributed by atoms with Gasteiger partial charge in [-0.05, 0) is 61.6 Å². The average molecular weight is 496 g/mol. The van der Waals surface area contributed by atoms with Crippen LogP contribution in [0.1, 0.15) is 27.9 Å². The van der Waals surface area contributed by atoms with E-state index >= 15 is 0 Å². The minimum absolute atomic E-state index is 0.0694. The van der Waals surface area contributed by atoms with Crippen LogP contribution >= 0.6 is 0 Å². The highest BCUT2D eigenvalue weighted by atomic mass is 32.2. The van der Waals surface area contributed by atoms with Gasteiger partial charge in [-0.2, -0.15) is 0 Å². The lowest BCUT2D eigenvalue weighted by molar-refractivity contribution is 0.0951. The summed E-state index contributed by atoms with van der Waals surface area (Å²) in [7, 11) is 0.157. The van der Waals surface area contributed by atoms with Gasteiger partial charge >= 0.3 is 0 Å². The van der Waals surface area contributed by atoms with Crippen LogP contribution in [0.4, 0.5) is 5.69 Å². The van der Waals surface area contributed by atoms with Crippen LogP contribution in [0.2, 0.25) is 0 Å². The summed E-state index contributed by atoms with van der Waals surface area (Å²) in [5, 5.41) is 2.93. The number of carbonyl (C=O) groups excluding carboxylic acids is 1. The molecule has 0 aliphatic carbocycles. The van der Waals surface area contributed by atoms with Crippen molar-refractivity contribution in [2.24, 2.45) is 0 Å². The molecule has 0 atom stereocenters. The number of amides is 1. The molecule has 184 valence electrons. The maximum atomic E-state index is 12.9. The highest BCUT2D eigenvalue weighted by Gasteiger charge is 2.19. The second-order valence-corrected chi connectivity index (χ2v) is 10.2. The van der Waals surface area contributed by atoms with Crippen molar-refractivity contribution < 1.29 is 22.7 Å². The predicted molar refractivity (Wildman–Crippen MR) is 134 cm³/mol. The van der Waals surface area contributed by atoms with Crippen molar-refractivity contribution in [1.29, 1.82) is 0 Å². The SMILES string of the molecule is CN(C)Cc1ccccc1CNC(=O)c1ccc(NS(=O)(=O)c2ccc3c(c2)OCCCO3)cc1. The van der Waals surface area contributed by atoms with Gasteiger partial charge in [0, 0.05) is 36.8 Å². The molecule has 1 heterocycles. The normalized spacial score (nSPS) is 13.2. The van der Waals surface area contributed by atoms with Crippen LogP contribution in [-0.2, 0) is 23.1 Å². The lowest BCUT2D eigenvalue weighted by Crippen LogP contribution is -2.24. The van der Waals surface area contributed by atoms with Gasteiger partial charge in [0.2, 0.25) is 0 Å². The van der Waals surface area contributed by atoms with Crippen molar-refractivity contribution in [3.63, 3.8) is 0 Å². The molecule has 8 nitrogen and oxygen atoms in total. The number of rotatable bonds is 8. The third-order valence-electron chi connectivity index (χ3n) is 5.47. The van der Waals surface area contributed by atoms with Gasteiger partial charge < -0.3 is 19.7 Å². The number of nitrogens with one attached hydrogen (secondary N) is 2. The van der Waals surface area contributed by atoms with Gasteiger partial charge in [0.05, 0.1) is 18.1 Å². The number of hydrogen-bond acceptors (Lipinski definition) is 6. The zero-order valence-electron chi connectivity index (χ0n) is 19.8. The van der Waals surface area contributed by atoms with Crippen molar-refractivity contribution in [3.8, 4) is 11.5 Å². The molecule has 0 spiro atoms. The van der Waals surface area contributed by atoms with E-state index in [2.05, 4.69) is 14.9 Å². The van der Waals surface area contributed by atoms with Gasteiger partial charge in [-0.25, -0.2) is 8.42 Å². The van der Waals surface area contributed by atoms with Gasteiger partial charge in [-0.1, -0.05) is 24.3 Å². The molecule has 1 amide bonds. The molecule has 0 unspecified atom stereocenters. The summed E-state index contributed by atoms with van der Waals surface area (Å²) in [6.45, 7) is 2.18. The Labute approximate surface area is 205 Å². The maximum absolute atomic E-state index is 12.9. The first-order chi connectivity index (χ1) is 16.8. The van der Waals surface area contributed by atoms with Gasteiger partial charge in [0.1, 0.15) is 0 Å². The summed E-state index contributed by atoms with van der Waals surface area (Å²) >= 11 is 0. The number of benzene rings is 3. The molecule has 4 rings (SSSR count). The number of sulfonamides is 1. The molecule has 0 bridgehead atoms. The van der Waals surface area contributed by atoms with E-state index in [1.165, 1.54) is 12.1 Å². The molecule has 0 radical (unpaired) electrons. The van der Waals surface area contributed by atoms with Crippen LogP contribution in [0.3, 0.4) is 0 Å². The summed E-state index contributed by atoms with van der Waals surface area (Å²) in [5.41, 5.74) is 2.99. The van der Waals surface area contributed by atoms with Crippen molar-refractivity contribution in [2.45, 2.75) is 24.4 Å². The Morgan fingerprint density at radius 1 is 0.914 bits per heavy atom. The van der Waals surface area contributed by atoms with Crippen molar-refractivity contribution in [1.82, 2.24) is 10.2 Å². The third kappa shape index (κ3) is 6.32. The van der Waals surface area contributed by atoms with Gasteiger partial charge in [0.15, 0.2) is 11.5 Å². The fourth-order valence-electron chi connectivity index (χ4n) is 3.72. The Morgan fingerprint density at radius 3 is 2.31 bits per heavy atom. The third-order valence-corrected chi connectivity index (χ3v) is 6.85. The molecule has 2 N–H and O–H groups in total. The first-order valence-electron chi connectivity index (χ1n) is 11.3. The molecule has 9 heteroatoms. The molecule has 3 aromatic carbocycles. The predicted octanol–water partition coefficient (Wildman–Crippen LogP) is 3.64. The first-order valence-corrected chi connectivity index (χ1v) is 12.8. The highest BCUT2D eigenvalue weighted by Crippen LogP contribution is 2.32. The standard InChI is InChI=1S/C26H29N3O5S/c1-29(2)18-21-7-4-3-6-20(21)17-27-26(30)19-8-10-22(11-9-19)28-35(31,32)23-12-13-24-25(16-23)34-15-5-14-33-24/h3-4,6-13,16,28H,5,14-15,17-18H2,1-2H3,(H,27,30). The van der Waals surface area contributed by atoms with Crippen LogP contribution in [0.15, 0.2) is 71.6 Å². The number of hydrogen-bond donors (Lipinski definition) is 2. The lowest BCUT2D eigenvalue weighted by atomic mass is 10.1. The zero-order valence-corrected chi connectivity index (χ0v) is 20.6. The smallest absolute Gasteiger partial charge is 0.262 e. The van der Waals surface area contributed by atoms with E-state index in [0.29, 0.717) is 42.5 Å². The summed E-state index contributed by atoms with van der Waals surface area (Å²) in [4.78, 5) is 14.8. The topological polar surface area (TPSA) is 97.0 Å². The molecule has 0 saturated heterocycles. The molecular formula is C26H29N3O5S. The van der Waals surface area contributed by atoms with E-state index in [1.54, 1.807) is 30.3 Å².